The quantitative estimate of drug-likeness (QED) is 0.806. The Morgan fingerprint density at radius 1 is 1.17 bits per heavy atom. The molecule has 1 aromatic heterocycles. The monoisotopic (exact) mass is 242 g/mol. The van der Waals surface area contributed by atoms with Crippen LogP contribution in [0.1, 0.15) is 17.3 Å². The van der Waals surface area contributed by atoms with Gasteiger partial charge in [0.05, 0.1) is 0 Å². The summed E-state index contributed by atoms with van der Waals surface area (Å²) in [5.74, 6) is 1.45. The molecule has 1 aromatic carbocycles. The molecular formula is C13H14N4O. The molecule has 0 radical (unpaired) electrons. The predicted octanol–water partition coefficient (Wildman–Crippen LogP) is 2.46. The van der Waals surface area contributed by atoms with Crippen LogP contribution in [0.15, 0.2) is 36.7 Å². The van der Waals surface area contributed by atoms with Crippen molar-refractivity contribution in [3.8, 4) is 0 Å². The minimum atomic E-state index is 0.0391. The first-order valence-electron chi connectivity index (χ1n) is 5.57. The number of ketones is 1. The van der Waals surface area contributed by atoms with E-state index in [0.29, 0.717) is 11.4 Å². The van der Waals surface area contributed by atoms with Gasteiger partial charge in [-0.25, -0.2) is 9.97 Å². The predicted molar refractivity (Wildman–Crippen MR) is 71.3 cm³/mol. The van der Waals surface area contributed by atoms with Gasteiger partial charge >= 0.3 is 0 Å². The van der Waals surface area contributed by atoms with Gasteiger partial charge in [-0.3, -0.25) is 4.79 Å². The van der Waals surface area contributed by atoms with Crippen molar-refractivity contribution in [3.63, 3.8) is 0 Å². The highest BCUT2D eigenvalue weighted by Crippen LogP contribution is 2.17. The second-order valence-electron chi connectivity index (χ2n) is 3.80. The molecule has 2 rings (SSSR count). The number of carbonyl (C=O) groups excluding carboxylic acids is 1. The summed E-state index contributed by atoms with van der Waals surface area (Å²) in [6, 6.07) is 9.09. The molecule has 5 nitrogen and oxygen atoms in total. The Morgan fingerprint density at radius 2 is 1.94 bits per heavy atom. The van der Waals surface area contributed by atoms with Crippen molar-refractivity contribution in [1.82, 2.24) is 9.97 Å². The maximum atomic E-state index is 11.3. The van der Waals surface area contributed by atoms with E-state index in [1.807, 2.05) is 12.1 Å². The maximum Gasteiger partial charge on any atom is 0.159 e. The summed E-state index contributed by atoms with van der Waals surface area (Å²) in [7, 11) is 1.79. The van der Waals surface area contributed by atoms with Gasteiger partial charge in [-0.15, -0.1) is 0 Å². The summed E-state index contributed by atoms with van der Waals surface area (Å²) >= 11 is 0. The van der Waals surface area contributed by atoms with Crippen LogP contribution in [0.4, 0.5) is 17.3 Å². The zero-order valence-electron chi connectivity index (χ0n) is 10.3. The molecule has 0 spiro atoms. The molecule has 0 aliphatic rings. The number of aromatic nitrogens is 2. The Labute approximate surface area is 105 Å². The summed E-state index contributed by atoms with van der Waals surface area (Å²) < 4.78 is 0. The average molecular weight is 242 g/mol. The number of Topliss-reactive ketones (excluding diaryl/α,β-unsaturated/α-hetero) is 1. The van der Waals surface area contributed by atoms with Crippen molar-refractivity contribution in [2.24, 2.45) is 0 Å². The molecule has 0 aliphatic heterocycles. The molecule has 0 amide bonds. The Hall–Kier alpha value is -2.43. The van der Waals surface area contributed by atoms with Gasteiger partial charge in [0.25, 0.3) is 0 Å². The zero-order chi connectivity index (χ0) is 13.0. The van der Waals surface area contributed by atoms with E-state index >= 15 is 0 Å². The molecule has 0 aliphatic carbocycles. The molecular weight excluding hydrogens is 228 g/mol. The fraction of sp³-hybridized carbons (Fsp3) is 0.154. The normalized spacial score (nSPS) is 9.89. The molecule has 1 heterocycles. The highest BCUT2D eigenvalue weighted by molar-refractivity contribution is 5.95. The van der Waals surface area contributed by atoms with Crippen molar-refractivity contribution in [1.29, 1.82) is 0 Å². The van der Waals surface area contributed by atoms with Crippen molar-refractivity contribution in [2.45, 2.75) is 6.92 Å². The van der Waals surface area contributed by atoms with Crippen LogP contribution in [0.2, 0.25) is 0 Å². The molecule has 5 heteroatoms. The molecule has 2 aromatic rings. The van der Waals surface area contributed by atoms with Crippen LogP contribution in [0, 0.1) is 0 Å². The van der Waals surface area contributed by atoms with E-state index in [1.165, 1.54) is 6.33 Å². The molecule has 0 unspecified atom stereocenters. The van der Waals surface area contributed by atoms with Crippen molar-refractivity contribution >= 4 is 23.1 Å². The summed E-state index contributed by atoms with van der Waals surface area (Å²) in [6.07, 6.45) is 1.48. The standard InChI is InChI=1S/C13H14N4O/c1-9(18)10-4-3-5-11(6-10)17-13-7-12(14-2)15-8-16-13/h3-8H,1-2H3,(H2,14,15,16,17). The molecule has 0 saturated heterocycles. The Morgan fingerprint density at radius 3 is 2.67 bits per heavy atom. The Kier molecular flexibility index (Phi) is 3.52. The molecule has 92 valence electrons. The number of nitrogens with zero attached hydrogens (tertiary/aromatic N) is 2. The number of rotatable bonds is 4. The number of hydrogen-bond acceptors (Lipinski definition) is 5. The highest BCUT2D eigenvalue weighted by atomic mass is 16.1. The minimum absolute atomic E-state index is 0.0391. The molecule has 0 bridgehead atoms. The van der Waals surface area contributed by atoms with Crippen LogP contribution in [-0.4, -0.2) is 22.8 Å². The first-order chi connectivity index (χ1) is 8.69. The Bertz CT molecular complexity index is 568. The number of hydrogen-bond donors (Lipinski definition) is 2. The average Bonchev–Trinajstić information content (AvgIpc) is 2.39. The third-order valence-corrected chi connectivity index (χ3v) is 2.46. The van der Waals surface area contributed by atoms with Crippen molar-refractivity contribution in [3.05, 3.63) is 42.2 Å². The third-order valence-electron chi connectivity index (χ3n) is 2.46. The van der Waals surface area contributed by atoms with Gasteiger partial charge in [-0.1, -0.05) is 12.1 Å². The zero-order valence-corrected chi connectivity index (χ0v) is 10.3. The molecule has 0 atom stereocenters. The Balaban J connectivity index is 2.22. The second-order valence-corrected chi connectivity index (χ2v) is 3.80. The smallest absolute Gasteiger partial charge is 0.159 e. The van der Waals surface area contributed by atoms with Gasteiger partial charge in [0.15, 0.2) is 5.78 Å². The van der Waals surface area contributed by atoms with Gasteiger partial charge in [0, 0.05) is 24.4 Å². The van der Waals surface area contributed by atoms with E-state index < -0.39 is 0 Å². The first-order valence-corrected chi connectivity index (χ1v) is 5.57. The fourth-order valence-electron chi connectivity index (χ4n) is 1.53. The summed E-state index contributed by atoms with van der Waals surface area (Å²) in [5, 5.41) is 6.07. The van der Waals surface area contributed by atoms with Crippen LogP contribution in [0.25, 0.3) is 0 Å². The van der Waals surface area contributed by atoms with Gasteiger partial charge in [0.2, 0.25) is 0 Å². The van der Waals surface area contributed by atoms with Gasteiger partial charge in [-0.05, 0) is 19.1 Å². The van der Waals surface area contributed by atoms with Gasteiger partial charge in [0.1, 0.15) is 18.0 Å². The van der Waals surface area contributed by atoms with Crippen molar-refractivity contribution in [2.75, 3.05) is 17.7 Å². The van der Waals surface area contributed by atoms with Gasteiger partial charge < -0.3 is 10.6 Å². The topological polar surface area (TPSA) is 66.9 Å². The van der Waals surface area contributed by atoms with Crippen LogP contribution in [0.5, 0.6) is 0 Å². The highest BCUT2D eigenvalue weighted by Gasteiger charge is 2.02. The van der Waals surface area contributed by atoms with E-state index in [9.17, 15) is 4.79 Å². The first kappa shape index (κ1) is 12.0. The number of anilines is 3. The summed E-state index contributed by atoms with van der Waals surface area (Å²) in [5.41, 5.74) is 1.49. The molecule has 0 saturated carbocycles. The fourth-order valence-corrected chi connectivity index (χ4v) is 1.53. The largest absolute Gasteiger partial charge is 0.373 e. The van der Waals surface area contributed by atoms with Crippen molar-refractivity contribution < 1.29 is 4.79 Å². The van der Waals surface area contributed by atoms with Crippen LogP contribution in [0.3, 0.4) is 0 Å². The SMILES string of the molecule is CNc1cc(Nc2cccc(C(C)=O)c2)ncn1. The van der Waals surface area contributed by atoms with E-state index in [2.05, 4.69) is 20.6 Å². The van der Waals surface area contributed by atoms with E-state index in [0.717, 1.165) is 11.5 Å². The lowest BCUT2D eigenvalue weighted by Crippen LogP contribution is -1.99. The lowest BCUT2D eigenvalue weighted by molar-refractivity contribution is 0.101. The number of carbonyl (C=O) groups is 1. The van der Waals surface area contributed by atoms with Crippen LogP contribution < -0.4 is 10.6 Å². The lowest BCUT2D eigenvalue weighted by Gasteiger charge is -2.07. The molecule has 2 N–H and O–H groups in total. The maximum absolute atomic E-state index is 11.3. The molecule has 18 heavy (non-hydrogen) atoms. The molecule has 0 fully saturated rings. The van der Waals surface area contributed by atoms with E-state index in [1.54, 1.807) is 32.2 Å². The lowest BCUT2D eigenvalue weighted by atomic mass is 10.1. The van der Waals surface area contributed by atoms with Crippen LogP contribution >= 0.6 is 0 Å². The van der Waals surface area contributed by atoms with Gasteiger partial charge in [-0.2, -0.15) is 0 Å². The number of nitrogens with one attached hydrogen (secondary N) is 2. The number of benzene rings is 1. The van der Waals surface area contributed by atoms with E-state index in [4.69, 9.17) is 0 Å². The second kappa shape index (κ2) is 5.27. The third kappa shape index (κ3) is 2.82. The van der Waals surface area contributed by atoms with Crippen LogP contribution in [-0.2, 0) is 0 Å². The summed E-state index contributed by atoms with van der Waals surface area (Å²) in [4.78, 5) is 19.4. The summed E-state index contributed by atoms with van der Waals surface area (Å²) in [6.45, 7) is 1.54. The minimum Gasteiger partial charge on any atom is -0.373 e. The van der Waals surface area contributed by atoms with E-state index in [-0.39, 0.29) is 5.78 Å².